The summed E-state index contributed by atoms with van der Waals surface area (Å²) in [4.78, 5) is 28.4. The molecule has 0 saturated heterocycles. The number of ether oxygens (including phenoxy) is 1. The van der Waals surface area contributed by atoms with Crippen LogP contribution >= 0.6 is 12.4 Å². The van der Waals surface area contributed by atoms with Gasteiger partial charge in [0.05, 0.1) is 7.11 Å². The third kappa shape index (κ3) is 6.81. The fourth-order valence-electron chi connectivity index (χ4n) is 4.22. The van der Waals surface area contributed by atoms with Crippen LogP contribution in [0, 0.1) is 0 Å². The van der Waals surface area contributed by atoms with Gasteiger partial charge in [-0.05, 0) is 74.7 Å². The van der Waals surface area contributed by atoms with Crippen LogP contribution in [0.1, 0.15) is 54.1 Å². The number of unbranched alkanes of at least 4 members (excludes halogenated alkanes) is 2. The van der Waals surface area contributed by atoms with Crippen molar-refractivity contribution in [1.29, 1.82) is 0 Å². The summed E-state index contributed by atoms with van der Waals surface area (Å²) >= 11 is 0. The number of benzene rings is 2. The van der Waals surface area contributed by atoms with Crippen molar-refractivity contribution in [3.63, 3.8) is 0 Å². The van der Waals surface area contributed by atoms with E-state index in [0.717, 1.165) is 67.8 Å². The van der Waals surface area contributed by atoms with Crippen molar-refractivity contribution in [3.8, 4) is 5.75 Å². The minimum Gasteiger partial charge on any atom is -0.496 e. The second-order valence-electron chi connectivity index (χ2n) is 8.36. The molecule has 1 aliphatic heterocycles. The van der Waals surface area contributed by atoms with Crippen molar-refractivity contribution in [2.45, 2.75) is 45.4 Å². The van der Waals surface area contributed by atoms with Gasteiger partial charge in [0, 0.05) is 37.7 Å². The van der Waals surface area contributed by atoms with E-state index in [-0.39, 0.29) is 24.1 Å². The zero-order valence-electron chi connectivity index (χ0n) is 19.4. The number of carbonyl (C=O) groups excluding carboxylic acids is 2. The van der Waals surface area contributed by atoms with E-state index in [0.29, 0.717) is 13.0 Å². The Labute approximate surface area is 198 Å². The van der Waals surface area contributed by atoms with Gasteiger partial charge in [-0.3, -0.25) is 9.59 Å². The highest BCUT2D eigenvalue weighted by atomic mass is 35.5. The molecule has 0 fully saturated rings. The van der Waals surface area contributed by atoms with Crippen molar-refractivity contribution in [1.82, 2.24) is 4.90 Å². The average molecular weight is 459 g/mol. The highest BCUT2D eigenvalue weighted by molar-refractivity contribution is 5.98. The molecule has 3 rings (SSSR count). The molecule has 5 nitrogen and oxygen atoms in total. The van der Waals surface area contributed by atoms with Crippen LogP contribution in [0.15, 0.2) is 42.5 Å². The molecule has 32 heavy (non-hydrogen) atoms. The molecule has 0 aliphatic carbocycles. The van der Waals surface area contributed by atoms with Crippen LogP contribution in [0.3, 0.4) is 0 Å². The standard InChI is InChI=1S/C26H34N2O3.ClH/c1-20(29)28-18-15-22-19-23(12-13-24(22)28)25(30)10-5-4-8-16-27(2)17-14-21-9-6-7-11-26(21)31-3;/h6-7,9,11-13,19H,4-5,8,10,14-18H2,1-3H3;1H. The maximum atomic E-state index is 12.6. The lowest BCUT2D eigenvalue weighted by Gasteiger charge is -2.17. The molecule has 0 unspecified atom stereocenters. The Morgan fingerprint density at radius 1 is 1.06 bits per heavy atom. The van der Waals surface area contributed by atoms with Gasteiger partial charge in [0.25, 0.3) is 0 Å². The quantitative estimate of drug-likeness (QED) is 0.353. The van der Waals surface area contributed by atoms with Crippen LogP contribution in [0.2, 0.25) is 0 Å². The van der Waals surface area contributed by atoms with Gasteiger partial charge in [0.15, 0.2) is 5.78 Å². The van der Waals surface area contributed by atoms with E-state index in [1.807, 2.05) is 30.3 Å². The number of likely N-dealkylation sites (N-methyl/N-ethyl adjacent to an activating group) is 1. The minimum atomic E-state index is 0. The molecule has 0 aromatic heterocycles. The number of fused-ring (bicyclic) bond motifs is 1. The number of para-hydroxylation sites is 1. The maximum Gasteiger partial charge on any atom is 0.223 e. The predicted molar refractivity (Wildman–Crippen MR) is 132 cm³/mol. The molecule has 0 N–H and O–H groups in total. The molecular formula is C26H35ClN2O3. The van der Waals surface area contributed by atoms with Crippen molar-refractivity contribution in [2.75, 3.05) is 38.7 Å². The van der Waals surface area contributed by atoms with Crippen molar-refractivity contribution >= 4 is 29.8 Å². The number of hydrogen-bond donors (Lipinski definition) is 0. The number of ketones is 1. The fraction of sp³-hybridized carbons (Fsp3) is 0.462. The first kappa shape index (κ1) is 25.9. The summed E-state index contributed by atoms with van der Waals surface area (Å²) in [5.41, 5.74) is 4.08. The summed E-state index contributed by atoms with van der Waals surface area (Å²) in [7, 11) is 3.86. The molecular weight excluding hydrogens is 424 g/mol. The zero-order valence-corrected chi connectivity index (χ0v) is 20.2. The van der Waals surface area contributed by atoms with E-state index in [9.17, 15) is 9.59 Å². The van der Waals surface area contributed by atoms with E-state index >= 15 is 0 Å². The van der Waals surface area contributed by atoms with Crippen LogP contribution in [0.5, 0.6) is 5.75 Å². The third-order valence-corrected chi connectivity index (χ3v) is 6.08. The Bertz CT molecular complexity index is 916. The molecule has 1 amide bonds. The number of methoxy groups -OCH3 is 1. The molecule has 0 spiro atoms. The van der Waals surface area contributed by atoms with Crippen LogP contribution < -0.4 is 9.64 Å². The van der Waals surface area contributed by atoms with Gasteiger partial charge in [0.2, 0.25) is 5.91 Å². The lowest BCUT2D eigenvalue weighted by molar-refractivity contribution is -0.116. The molecule has 0 radical (unpaired) electrons. The second kappa shape index (κ2) is 12.6. The number of halogens is 1. The Balaban J connectivity index is 0.00000363. The summed E-state index contributed by atoms with van der Waals surface area (Å²) in [6, 6.07) is 13.9. The summed E-state index contributed by atoms with van der Waals surface area (Å²) < 4.78 is 5.42. The molecule has 6 heteroatoms. The monoisotopic (exact) mass is 458 g/mol. The first-order valence-corrected chi connectivity index (χ1v) is 11.2. The number of rotatable bonds is 11. The van der Waals surface area contributed by atoms with Gasteiger partial charge in [-0.25, -0.2) is 0 Å². The Morgan fingerprint density at radius 2 is 1.84 bits per heavy atom. The van der Waals surface area contributed by atoms with E-state index < -0.39 is 0 Å². The minimum absolute atomic E-state index is 0. The molecule has 1 heterocycles. The number of nitrogens with zero attached hydrogens (tertiary/aromatic N) is 2. The normalized spacial score (nSPS) is 12.4. The lowest BCUT2D eigenvalue weighted by atomic mass is 10.0. The van der Waals surface area contributed by atoms with Crippen molar-refractivity contribution in [2.24, 2.45) is 0 Å². The molecule has 1 aliphatic rings. The van der Waals surface area contributed by atoms with Gasteiger partial charge in [-0.1, -0.05) is 24.6 Å². The van der Waals surface area contributed by atoms with Gasteiger partial charge < -0.3 is 14.5 Å². The fourth-order valence-corrected chi connectivity index (χ4v) is 4.22. The Morgan fingerprint density at radius 3 is 2.59 bits per heavy atom. The summed E-state index contributed by atoms with van der Waals surface area (Å²) in [5, 5.41) is 0. The van der Waals surface area contributed by atoms with Gasteiger partial charge in [-0.15, -0.1) is 12.4 Å². The van der Waals surface area contributed by atoms with E-state index in [2.05, 4.69) is 24.1 Å². The number of hydrogen-bond acceptors (Lipinski definition) is 4. The molecule has 0 bridgehead atoms. The zero-order chi connectivity index (χ0) is 22.2. The number of Topliss-reactive ketones (excluding diaryl/α,β-unsaturated/α-hetero) is 1. The number of carbonyl (C=O) groups is 2. The Hall–Kier alpha value is -2.37. The largest absolute Gasteiger partial charge is 0.496 e. The van der Waals surface area contributed by atoms with Crippen LogP contribution in [0.4, 0.5) is 5.69 Å². The van der Waals surface area contributed by atoms with E-state index in [4.69, 9.17) is 4.74 Å². The highest BCUT2D eigenvalue weighted by Gasteiger charge is 2.23. The highest BCUT2D eigenvalue weighted by Crippen LogP contribution is 2.29. The second-order valence-corrected chi connectivity index (χ2v) is 8.36. The topological polar surface area (TPSA) is 49.9 Å². The lowest BCUT2D eigenvalue weighted by Crippen LogP contribution is -2.25. The maximum absolute atomic E-state index is 12.6. The van der Waals surface area contributed by atoms with Crippen LogP contribution in [-0.4, -0.2) is 50.4 Å². The van der Waals surface area contributed by atoms with Crippen molar-refractivity contribution < 1.29 is 14.3 Å². The third-order valence-electron chi connectivity index (χ3n) is 6.08. The first-order valence-electron chi connectivity index (χ1n) is 11.2. The number of amides is 1. The summed E-state index contributed by atoms with van der Waals surface area (Å²) in [6.45, 7) is 4.33. The number of anilines is 1. The van der Waals surface area contributed by atoms with Gasteiger partial charge >= 0.3 is 0 Å². The van der Waals surface area contributed by atoms with Crippen LogP contribution in [-0.2, 0) is 17.6 Å². The Kier molecular flexibility index (Phi) is 10.2. The molecule has 2 aromatic carbocycles. The smallest absolute Gasteiger partial charge is 0.223 e. The van der Waals surface area contributed by atoms with Gasteiger partial charge in [0.1, 0.15) is 5.75 Å². The predicted octanol–water partition coefficient (Wildman–Crippen LogP) is 4.94. The molecule has 2 aromatic rings. The molecule has 0 saturated carbocycles. The van der Waals surface area contributed by atoms with Crippen molar-refractivity contribution in [3.05, 3.63) is 59.2 Å². The molecule has 174 valence electrons. The van der Waals surface area contributed by atoms with E-state index in [1.54, 1.807) is 18.9 Å². The SMILES string of the molecule is COc1ccccc1CCN(C)CCCCCC(=O)c1ccc2c(c1)CCN2C(C)=O.Cl. The summed E-state index contributed by atoms with van der Waals surface area (Å²) in [6.07, 6.45) is 5.44. The average Bonchev–Trinajstić information content (AvgIpc) is 3.21. The van der Waals surface area contributed by atoms with E-state index in [1.165, 1.54) is 5.56 Å². The first-order chi connectivity index (χ1) is 15.0. The molecule has 0 atom stereocenters. The van der Waals surface area contributed by atoms with Crippen LogP contribution in [0.25, 0.3) is 0 Å². The van der Waals surface area contributed by atoms with Gasteiger partial charge in [-0.2, -0.15) is 0 Å². The summed E-state index contributed by atoms with van der Waals surface area (Å²) in [5.74, 6) is 1.22.